The van der Waals surface area contributed by atoms with Gasteiger partial charge >= 0.3 is 0 Å². The molecule has 2 nitrogen and oxygen atoms in total. The Morgan fingerprint density at radius 1 is 1.18 bits per heavy atom. The molecule has 0 amide bonds. The molecule has 1 rings (SSSR count). The van der Waals surface area contributed by atoms with Crippen molar-refractivity contribution in [3.63, 3.8) is 0 Å². The summed E-state index contributed by atoms with van der Waals surface area (Å²) >= 11 is 0. The fraction of sp³-hybridized carbons (Fsp3) is 0.600. The normalized spacial score (nSPS) is 12.5. The van der Waals surface area contributed by atoms with Crippen molar-refractivity contribution in [3.8, 4) is 5.75 Å². The Morgan fingerprint density at radius 3 is 2.18 bits per heavy atom. The van der Waals surface area contributed by atoms with Crippen LogP contribution in [0.4, 0.5) is 0 Å². The topological polar surface area (TPSA) is 21.3 Å². The number of hydrogen-bond acceptors (Lipinski definition) is 2. The first-order valence-corrected chi connectivity index (χ1v) is 6.52. The lowest BCUT2D eigenvalue weighted by molar-refractivity contribution is 0.407. The van der Waals surface area contributed by atoms with Crippen molar-refractivity contribution in [1.29, 1.82) is 0 Å². The first kappa shape index (κ1) is 14.0. The van der Waals surface area contributed by atoms with Crippen molar-refractivity contribution in [1.82, 2.24) is 5.32 Å². The monoisotopic (exact) mass is 235 g/mol. The summed E-state index contributed by atoms with van der Waals surface area (Å²) in [6.45, 7) is 9.72. The van der Waals surface area contributed by atoms with E-state index in [0.717, 1.165) is 18.7 Å². The van der Waals surface area contributed by atoms with Crippen LogP contribution >= 0.6 is 0 Å². The van der Waals surface area contributed by atoms with Crippen LogP contribution in [0, 0.1) is 13.8 Å². The quantitative estimate of drug-likeness (QED) is 0.810. The minimum atomic E-state index is 0.457. The zero-order valence-electron chi connectivity index (χ0n) is 11.8. The summed E-state index contributed by atoms with van der Waals surface area (Å²) < 4.78 is 5.40. The van der Waals surface area contributed by atoms with Gasteiger partial charge in [-0.25, -0.2) is 0 Å². The predicted molar refractivity (Wildman–Crippen MR) is 73.8 cm³/mol. The molecule has 0 aliphatic carbocycles. The Kier molecular flexibility index (Phi) is 5.49. The van der Waals surface area contributed by atoms with Gasteiger partial charge in [-0.3, -0.25) is 0 Å². The molecular weight excluding hydrogens is 210 g/mol. The molecular formula is C15H25NO. The Labute approximate surface area is 105 Å². The molecule has 0 bridgehead atoms. The van der Waals surface area contributed by atoms with Gasteiger partial charge in [-0.15, -0.1) is 0 Å². The third kappa shape index (κ3) is 3.47. The molecule has 0 aliphatic rings. The van der Waals surface area contributed by atoms with Gasteiger partial charge < -0.3 is 10.1 Å². The number of ether oxygens (including phenoxy) is 1. The fourth-order valence-corrected chi connectivity index (χ4v) is 2.32. The second-order valence-electron chi connectivity index (χ2n) is 4.60. The Balaban J connectivity index is 2.96. The Hall–Kier alpha value is -1.02. The molecule has 0 aliphatic heterocycles. The first-order valence-electron chi connectivity index (χ1n) is 6.52. The lowest BCUT2D eigenvalue weighted by atomic mass is 9.98. The van der Waals surface area contributed by atoms with Gasteiger partial charge in [0.05, 0.1) is 7.11 Å². The average Bonchev–Trinajstić information content (AvgIpc) is 2.30. The molecule has 1 aromatic rings. The highest BCUT2D eigenvalue weighted by molar-refractivity contribution is 5.44. The average molecular weight is 235 g/mol. The molecule has 0 saturated heterocycles. The van der Waals surface area contributed by atoms with Gasteiger partial charge in [0.25, 0.3) is 0 Å². The highest BCUT2D eigenvalue weighted by atomic mass is 16.5. The third-order valence-electron chi connectivity index (χ3n) is 3.14. The summed E-state index contributed by atoms with van der Waals surface area (Å²) in [5, 5.41) is 3.59. The summed E-state index contributed by atoms with van der Waals surface area (Å²) in [6.07, 6.45) is 2.29. The fourth-order valence-electron chi connectivity index (χ4n) is 2.32. The van der Waals surface area contributed by atoms with E-state index in [4.69, 9.17) is 4.74 Å². The molecule has 1 N–H and O–H groups in total. The molecule has 1 aromatic carbocycles. The molecule has 1 unspecified atom stereocenters. The van der Waals surface area contributed by atoms with E-state index >= 15 is 0 Å². The maximum absolute atomic E-state index is 5.40. The van der Waals surface area contributed by atoms with E-state index < -0.39 is 0 Å². The van der Waals surface area contributed by atoms with Crippen LogP contribution in [0.5, 0.6) is 5.75 Å². The Bertz CT molecular complexity index is 337. The van der Waals surface area contributed by atoms with Gasteiger partial charge in [0, 0.05) is 6.04 Å². The number of methoxy groups -OCH3 is 1. The maximum atomic E-state index is 5.40. The summed E-state index contributed by atoms with van der Waals surface area (Å²) in [5.74, 6) is 1.01. The zero-order chi connectivity index (χ0) is 12.8. The van der Waals surface area contributed by atoms with Crippen LogP contribution in [0.1, 0.15) is 49.4 Å². The van der Waals surface area contributed by atoms with Gasteiger partial charge in [0.2, 0.25) is 0 Å². The van der Waals surface area contributed by atoms with Crippen LogP contribution in [-0.4, -0.2) is 13.7 Å². The number of hydrogen-bond donors (Lipinski definition) is 1. The Morgan fingerprint density at radius 2 is 1.76 bits per heavy atom. The highest BCUT2D eigenvalue weighted by Crippen LogP contribution is 2.28. The van der Waals surface area contributed by atoms with Gasteiger partial charge in [-0.05, 0) is 49.9 Å². The van der Waals surface area contributed by atoms with E-state index in [0.29, 0.717) is 6.04 Å². The first-order chi connectivity index (χ1) is 8.13. The molecule has 0 aromatic heterocycles. The van der Waals surface area contributed by atoms with E-state index in [1.807, 2.05) is 0 Å². The van der Waals surface area contributed by atoms with E-state index in [-0.39, 0.29) is 0 Å². The molecule has 0 saturated carbocycles. The lowest BCUT2D eigenvalue weighted by Crippen LogP contribution is -2.21. The predicted octanol–water partition coefficient (Wildman–Crippen LogP) is 3.76. The van der Waals surface area contributed by atoms with Crippen LogP contribution in [0.2, 0.25) is 0 Å². The summed E-state index contributed by atoms with van der Waals surface area (Å²) in [7, 11) is 1.74. The van der Waals surface area contributed by atoms with Crippen LogP contribution in [0.15, 0.2) is 12.1 Å². The van der Waals surface area contributed by atoms with Crippen molar-refractivity contribution < 1.29 is 4.74 Å². The van der Waals surface area contributed by atoms with E-state index in [1.54, 1.807) is 7.11 Å². The number of nitrogens with one attached hydrogen (secondary N) is 1. The smallest absolute Gasteiger partial charge is 0.124 e. The van der Waals surface area contributed by atoms with E-state index in [1.165, 1.54) is 23.1 Å². The summed E-state index contributed by atoms with van der Waals surface area (Å²) in [6, 6.07) is 4.93. The summed E-state index contributed by atoms with van der Waals surface area (Å²) in [5.41, 5.74) is 3.82. The zero-order valence-corrected chi connectivity index (χ0v) is 11.8. The van der Waals surface area contributed by atoms with Crippen molar-refractivity contribution in [3.05, 3.63) is 28.8 Å². The van der Waals surface area contributed by atoms with Crippen molar-refractivity contribution in [2.24, 2.45) is 0 Å². The largest absolute Gasteiger partial charge is 0.496 e. The molecule has 1 atom stereocenters. The molecule has 0 heterocycles. The number of benzene rings is 1. The minimum absolute atomic E-state index is 0.457. The summed E-state index contributed by atoms with van der Waals surface area (Å²) in [4.78, 5) is 0. The second-order valence-corrected chi connectivity index (χ2v) is 4.60. The van der Waals surface area contributed by atoms with Crippen LogP contribution in [0.3, 0.4) is 0 Å². The molecule has 2 heteroatoms. The van der Waals surface area contributed by atoms with Gasteiger partial charge in [-0.2, -0.15) is 0 Å². The number of aryl methyl sites for hydroxylation is 2. The van der Waals surface area contributed by atoms with Gasteiger partial charge in [0.15, 0.2) is 0 Å². The maximum Gasteiger partial charge on any atom is 0.124 e. The van der Waals surface area contributed by atoms with Crippen LogP contribution < -0.4 is 10.1 Å². The number of rotatable bonds is 6. The molecule has 0 radical (unpaired) electrons. The van der Waals surface area contributed by atoms with Crippen molar-refractivity contribution in [2.75, 3.05) is 13.7 Å². The lowest BCUT2D eigenvalue weighted by Gasteiger charge is -2.19. The second kappa shape index (κ2) is 6.65. The third-order valence-corrected chi connectivity index (χ3v) is 3.14. The van der Waals surface area contributed by atoms with Gasteiger partial charge in [-0.1, -0.05) is 26.0 Å². The van der Waals surface area contributed by atoms with Crippen molar-refractivity contribution >= 4 is 0 Å². The van der Waals surface area contributed by atoms with E-state index in [2.05, 4.69) is 45.1 Å². The molecule has 0 fully saturated rings. The minimum Gasteiger partial charge on any atom is -0.496 e. The van der Waals surface area contributed by atoms with E-state index in [9.17, 15) is 0 Å². The van der Waals surface area contributed by atoms with Crippen LogP contribution in [-0.2, 0) is 0 Å². The van der Waals surface area contributed by atoms with Gasteiger partial charge in [0.1, 0.15) is 5.75 Å². The standard InChI is InChI=1S/C15H25NO/c1-6-8-16-14(7-2)13-9-11(3)15(17-5)12(4)10-13/h9-10,14,16H,6-8H2,1-5H3. The highest BCUT2D eigenvalue weighted by Gasteiger charge is 2.12. The van der Waals surface area contributed by atoms with Crippen molar-refractivity contribution in [2.45, 2.75) is 46.6 Å². The molecule has 96 valence electrons. The SMILES string of the molecule is CCCNC(CC)c1cc(C)c(OC)c(C)c1. The van der Waals surface area contributed by atoms with Crippen LogP contribution in [0.25, 0.3) is 0 Å². The molecule has 17 heavy (non-hydrogen) atoms. The molecule has 0 spiro atoms.